The van der Waals surface area contributed by atoms with E-state index in [-0.39, 0.29) is 0 Å². The quantitative estimate of drug-likeness (QED) is 0.283. The van der Waals surface area contributed by atoms with Crippen LogP contribution in [0.4, 0.5) is 0 Å². The molecule has 0 aromatic carbocycles. The van der Waals surface area contributed by atoms with E-state index in [4.69, 9.17) is 24.0 Å². The van der Waals surface area contributed by atoms with Crippen LogP contribution in [0.1, 0.15) is 6.42 Å². The molecule has 0 radical (unpaired) electrons. The van der Waals surface area contributed by atoms with Gasteiger partial charge in [-0.3, -0.25) is 0 Å². The number of rotatable bonds is 11. The molecule has 0 aromatic rings. The number of hydrogen-bond donors (Lipinski definition) is 0. The summed E-state index contributed by atoms with van der Waals surface area (Å²) in [5.74, 6) is 0. The lowest BCUT2D eigenvalue weighted by atomic mass is 10.5. The first-order valence-corrected chi connectivity index (χ1v) is 4.72. The number of methoxy groups -OCH3 is 2. The van der Waals surface area contributed by atoms with Crippen molar-refractivity contribution < 1.29 is 24.0 Å². The molecule has 0 amide bonds. The van der Waals surface area contributed by atoms with E-state index in [0.29, 0.717) is 39.6 Å². The fraction of sp³-hybridized carbons (Fsp3) is 1.00. The first-order chi connectivity index (χ1) is 6.91. The van der Waals surface area contributed by atoms with Crippen LogP contribution in [0.3, 0.4) is 0 Å². The van der Waals surface area contributed by atoms with Crippen molar-refractivity contribution in [2.75, 3.05) is 53.9 Å². The van der Waals surface area contributed by atoms with Gasteiger partial charge in [-0.05, 0) is 6.42 Å². The molecule has 0 aromatic heterocycles. The van der Waals surface area contributed by atoms with Crippen LogP contribution in [-0.2, 0) is 24.0 Å². The Balaban J connectivity index is 2.78. The molecule has 86 valence electrons. The van der Waals surface area contributed by atoms with Crippen molar-refractivity contribution in [3.63, 3.8) is 0 Å². The summed E-state index contributed by atoms with van der Waals surface area (Å²) in [6.07, 6.45) is 0.816. The van der Waals surface area contributed by atoms with Crippen LogP contribution in [0.15, 0.2) is 0 Å². The van der Waals surface area contributed by atoms with E-state index in [1.807, 2.05) is 0 Å². The zero-order valence-electron chi connectivity index (χ0n) is 8.99. The Morgan fingerprint density at radius 3 is 2.00 bits per heavy atom. The first kappa shape index (κ1) is 13.8. The minimum Gasteiger partial charge on any atom is -0.382 e. The molecular formula is C9H20O5. The van der Waals surface area contributed by atoms with Gasteiger partial charge in [0.25, 0.3) is 0 Å². The fourth-order valence-electron chi connectivity index (χ4n) is 0.699. The minimum atomic E-state index is 0.459. The summed E-state index contributed by atoms with van der Waals surface area (Å²) in [6.45, 7) is 3.46. The molecule has 0 aliphatic heterocycles. The van der Waals surface area contributed by atoms with Crippen molar-refractivity contribution in [1.82, 2.24) is 0 Å². The van der Waals surface area contributed by atoms with Gasteiger partial charge in [0.05, 0.1) is 26.4 Å². The summed E-state index contributed by atoms with van der Waals surface area (Å²) in [5, 5.41) is 0. The normalized spacial score (nSPS) is 10.7. The molecule has 0 N–H and O–H groups in total. The maximum Gasteiger partial charge on any atom is 0.106 e. The highest BCUT2D eigenvalue weighted by Crippen LogP contribution is 1.87. The summed E-state index contributed by atoms with van der Waals surface area (Å²) in [6, 6.07) is 0. The molecule has 0 unspecified atom stereocenters. The Kier molecular flexibility index (Phi) is 12.6. The molecule has 5 heteroatoms. The van der Waals surface area contributed by atoms with Crippen LogP contribution in [-0.4, -0.2) is 53.9 Å². The highest BCUT2D eigenvalue weighted by atomic mass is 17.2. The lowest BCUT2D eigenvalue weighted by Gasteiger charge is -2.04. The first-order valence-electron chi connectivity index (χ1n) is 4.72. The van der Waals surface area contributed by atoms with Gasteiger partial charge >= 0.3 is 0 Å². The molecule has 0 aliphatic carbocycles. The van der Waals surface area contributed by atoms with E-state index in [1.165, 1.54) is 0 Å². The monoisotopic (exact) mass is 208 g/mol. The second-order valence-electron chi connectivity index (χ2n) is 2.60. The maximum atomic E-state index is 5.22. The number of hydrogen-bond acceptors (Lipinski definition) is 5. The van der Waals surface area contributed by atoms with Gasteiger partial charge in [-0.15, -0.1) is 0 Å². The van der Waals surface area contributed by atoms with E-state index in [2.05, 4.69) is 0 Å². The van der Waals surface area contributed by atoms with E-state index < -0.39 is 0 Å². The van der Waals surface area contributed by atoms with Gasteiger partial charge < -0.3 is 14.2 Å². The summed E-state index contributed by atoms with van der Waals surface area (Å²) >= 11 is 0. The average Bonchev–Trinajstić information content (AvgIpc) is 2.21. The van der Waals surface area contributed by atoms with Crippen LogP contribution in [0.5, 0.6) is 0 Å². The molecule has 0 spiro atoms. The molecule has 5 nitrogen and oxygen atoms in total. The van der Waals surface area contributed by atoms with Crippen LogP contribution in [0, 0.1) is 0 Å². The van der Waals surface area contributed by atoms with Gasteiger partial charge in [0, 0.05) is 20.8 Å². The summed E-state index contributed by atoms with van der Waals surface area (Å²) in [4.78, 5) is 9.65. The van der Waals surface area contributed by atoms with Gasteiger partial charge in [-0.2, -0.15) is 0 Å². The maximum absolute atomic E-state index is 5.22. The van der Waals surface area contributed by atoms with Gasteiger partial charge in [0.15, 0.2) is 0 Å². The largest absolute Gasteiger partial charge is 0.382 e. The second-order valence-corrected chi connectivity index (χ2v) is 2.60. The predicted octanol–water partition coefficient (Wildman–Crippen LogP) is 0.634. The lowest BCUT2D eigenvalue weighted by molar-refractivity contribution is -0.299. The van der Waals surface area contributed by atoms with Gasteiger partial charge in [0.2, 0.25) is 0 Å². The van der Waals surface area contributed by atoms with Crippen molar-refractivity contribution in [2.45, 2.75) is 6.42 Å². The summed E-state index contributed by atoms with van der Waals surface area (Å²) < 4.78 is 14.8. The van der Waals surface area contributed by atoms with Crippen molar-refractivity contribution in [2.24, 2.45) is 0 Å². The molecule has 0 aliphatic rings. The second kappa shape index (κ2) is 12.8. The third kappa shape index (κ3) is 11.8. The van der Waals surface area contributed by atoms with Gasteiger partial charge in [-0.25, -0.2) is 9.78 Å². The van der Waals surface area contributed by atoms with Crippen LogP contribution >= 0.6 is 0 Å². The molecular weight excluding hydrogens is 188 g/mol. The molecule has 0 fully saturated rings. The lowest BCUT2D eigenvalue weighted by Crippen LogP contribution is -2.07. The molecule has 0 bridgehead atoms. The van der Waals surface area contributed by atoms with Gasteiger partial charge in [-0.1, -0.05) is 0 Å². The highest BCUT2D eigenvalue weighted by Gasteiger charge is 1.91. The minimum absolute atomic E-state index is 0.459. The smallest absolute Gasteiger partial charge is 0.106 e. The molecule has 0 atom stereocenters. The van der Waals surface area contributed by atoms with E-state index in [9.17, 15) is 0 Å². The van der Waals surface area contributed by atoms with Gasteiger partial charge in [0.1, 0.15) is 6.61 Å². The third-order valence-corrected chi connectivity index (χ3v) is 1.40. The Hall–Kier alpha value is -0.200. The standard InChI is InChI=1S/C9H20O5/c1-10-6-8-12-4-3-5-13-14-9-7-11-2/h3-9H2,1-2H3. The van der Waals surface area contributed by atoms with Crippen molar-refractivity contribution in [1.29, 1.82) is 0 Å². The van der Waals surface area contributed by atoms with Crippen molar-refractivity contribution in [3.05, 3.63) is 0 Å². The zero-order valence-corrected chi connectivity index (χ0v) is 8.99. The molecule has 0 heterocycles. The molecule has 0 saturated carbocycles. The summed E-state index contributed by atoms with van der Waals surface area (Å²) in [7, 11) is 3.27. The Morgan fingerprint density at radius 1 is 0.643 bits per heavy atom. The number of ether oxygens (including phenoxy) is 3. The Morgan fingerprint density at radius 2 is 1.29 bits per heavy atom. The SMILES string of the molecule is COCCOCCCOOCCOC. The molecule has 14 heavy (non-hydrogen) atoms. The highest BCUT2D eigenvalue weighted by molar-refractivity contribution is 4.32. The third-order valence-electron chi connectivity index (χ3n) is 1.40. The molecule has 0 rings (SSSR count). The average molecular weight is 208 g/mol. The zero-order chi connectivity index (χ0) is 10.5. The van der Waals surface area contributed by atoms with E-state index >= 15 is 0 Å². The van der Waals surface area contributed by atoms with Crippen molar-refractivity contribution in [3.8, 4) is 0 Å². The fourth-order valence-corrected chi connectivity index (χ4v) is 0.699. The van der Waals surface area contributed by atoms with Crippen LogP contribution < -0.4 is 0 Å². The predicted molar refractivity (Wildman–Crippen MR) is 51.1 cm³/mol. The van der Waals surface area contributed by atoms with Crippen molar-refractivity contribution >= 4 is 0 Å². The molecule has 0 saturated heterocycles. The van der Waals surface area contributed by atoms with E-state index in [0.717, 1.165) is 6.42 Å². The topological polar surface area (TPSA) is 46.2 Å². The van der Waals surface area contributed by atoms with Crippen LogP contribution in [0.2, 0.25) is 0 Å². The van der Waals surface area contributed by atoms with E-state index in [1.54, 1.807) is 14.2 Å². The summed E-state index contributed by atoms with van der Waals surface area (Å²) in [5.41, 5.74) is 0. The van der Waals surface area contributed by atoms with Crippen LogP contribution in [0.25, 0.3) is 0 Å². The Labute approximate surface area is 85.2 Å². The Bertz CT molecular complexity index is 87.2.